The Morgan fingerprint density at radius 2 is 2.21 bits per heavy atom. The van der Waals surface area contributed by atoms with Gasteiger partial charge in [0.05, 0.1) is 11.9 Å². The number of aromatic nitrogens is 1. The molecule has 0 saturated carbocycles. The standard InChI is InChI=1S/C13H19N3O.2ClH/c1-9-3-5-14-8-12(9)16-13(17)11-4-6-15-10(2)7-11;;/h3,5,8,10-11,15H,4,6-7H2,1-2H3,(H,16,17);2*1H/t10-,11-;;/m0../s1. The van der Waals surface area contributed by atoms with Crippen molar-refractivity contribution < 1.29 is 4.79 Å². The predicted molar refractivity (Wildman–Crippen MR) is 82.3 cm³/mol. The van der Waals surface area contributed by atoms with Crippen LogP contribution in [-0.2, 0) is 4.79 Å². The summed E-state index contributed by atoms with van der Waals surface area (Å²) in [5, 5.41) is 6.32. The van der Waals surface area contributed by atoms with Crippen molar-refractivity contribution in [1.82, 2.24) is 10.3 Å². The van der Waals surface area contributed by atoms with Crippen molar-refractivity contribution in [2.24, 2.45) is 5.92 Å². The molecule has 1 aliphatic rings. The van der Waals surface area contributed by atoms with Gasteiger partial charge in [0.2, 0.25) is 5.91 Å². The molecule has 1 aromatic rings. The molecule has 1 amide bonds. The Hall–Kier alpha value is -0.840. The minimum absolute atomic E-state index is 0. The van der Waals surface area contributed by atoms with Crippen LogP contribution in [0.4, 0.5) is 5.69 Å². The van der Waals surface area contributed by atoms with Crippen molar-refractivity contribution in [3.8, 4) is 0 Å². The summed E-state index contributed by atoms with van der Waals surface area (Å²) >= 11 is 0. The number of rotatable bonds is 2. The number of piperidine rings is 1. The summed E-state index contributed by atoms with van der Waals surface area (Å²) < 4.78 is 0. The number of hydrogen-bond acceptors (Lipinski definition) is 3. The molecule has 2 heterocycles. The molecule has 6 heteroatoms. The molecule has 0 spiro atoms. The van der Waals surface area contributed by atoms with Crippen molar-refractivity contribution in [2.45, 2.75) is 32.7 Å². The van der Waals surface area contributed by atoms with E-state index in [0.29, 0.717) is 6.04 Å². The molecule has 0 aliphatic carbocycles. The Kier molecular flexibility index (Phi) is 7.99. The van der Waals surface area contributed by atoms with E-state index in [1.54, 1.807) is 12.4 Å². The second-order valence-electron chi connectivity index (χ2n) is 4.76. The smallest absolute Gasteiger partial charge is 0.227 e. The van der Waals surface area contributed by atoms with Gasteiger partial charge < -0.3 is 10.6 Å². The summed E-state index contributed by atoms with van der Waals surface area (Å²) in [5.41, 5.74) is 1.87. The van der Waals surface area contributed by atoms with Gasteiger partial charge >= 0.3 is 0 Å². The third-order valence-electron chi connectivity index (χ3n) is 3.29. The van der Waals surface area contributed by atoms with Gasteiger partial charge in [0.1, 0.15) is 0 Å². The molecule has 0 unspecified atom stereocenters. The van der Waals surface area contributed by atoms with E-state index in [2.05, 4.69) is 22.5 Å². The Morgan fingerprint density at radius 3 is 2.84 bits per heavy atom. The molecule has 19 heavy (non-hydrogen) atoms. The number of nitrogens with zero attached hydrogens (tertiary/aromatic N) is 1. The number of nitrogens with one attached hydrogen (secondary N) is 2. The third kappa shape index (κ3) is 4.97. The van der Waals surface area contributed by atoms with Crippen LogP contribution in [-0.4, -0.2) is 23.5 Å². The topological polar surface area (TPSA) is 54.0 Å². The molecule has 0 aromatic carbocycles. The van der Waals surface area contributed by atoms with Gasteiger partial charge in [-0.05, 0) is 44.9 Å². The van der Waals surface area contributed by atoms with Gasteiger partial charge in [0.15, 0.2) is 0 Å². The Labute approximate surface area is 126 Å². The molecule has 2 N–H and O–H groups in total. The largest absolute Gasteiger partial charge is 0.324 e. The quantitative estimate of drug-likeness (QED) is 0.883. The van der Waals surface area contributed by atoms with Crippen molar-refractivity contribution >= 4 is 36.4 Å². The van der Waals surface area contributed by atoms with Gasteiger partial charge in [-0.25, -0.2) is 0 Å². The third-order valence-corrected chi connectivity index (χ3v) is 3.29. The fourth-order valence-electron chi connectivity index (χ4n) is 2.20. The summed E-state index contributed by atoms with van der Waals surface area (Å²) in [5.74, 6) is 0.236. The molecular formula is C13H21Cl2N3O. The molecule has 1 saturated heterocycles. The average molecular weight is 306 g/mol. The molecule has 1 aromatic heterocycles. The zero-order chi connectivity index (χ0) is 12.3. The fourth-order valence-corrected chi connectivity index (χ4v) is 2.20. The molecule has 108 valence electrons. The van der Waals surface area contributed by atoms with Gasteiger partial charge in [0, 0.05) is 18.2 Å². The van der Waals surface area contributed by atoms with Gasteiger partial charge in [-0.2, -0.15) is 0 Å². The first kappa shape index (κ1) is 18.2. The zero-order valence-corrected chi connectivity index (χ0v) is 12.8. The molecular weight excluding hydrogens is 285 g/mol. The summed E-state index contributed by atoms with van der Waals surface area (Å²) in [6.07, 6.45) is 5.26. The minimum atomic E-state index is 0. The maximum absolute atomic E-state index is 12.1. The lowest BCUT2D eigenvalue weighted by Crippen LogP contribution is -2.40. The second-order valence-corrected chi connectivity index (χ2v) is 4.76. The van der Waals surface area contributed by atoms with Crippen molar-refractivity contribution in [2.75, 3.05) is 11.9 Å². The lowest BCUT2D eigenvalue weighted by Gasteiger charge is -2.27. The van der Waals surface area contributed by atoms with Crippen molar-refractivity contribution in [1.29, 1.82) is 0 Å². The van der Waals surface area contributed by atoms with Crippen LogP contribution < -0.4 is 10.6 Å². The number of carbonyl (C=O) groups excluding carboxylic acids is 1. The van der Waals surface area contributed by atoms with Gasteiger partial charge in [-0.1, -0.05) is 0 Å². The highest BCUT2D eigenvalue weighted by atomic mass is 35.5. The summed E-state index contributed by atoms with van der Waals surface area (Å²) in [4.78, 5) is 16.1. The predicted octanol–water partition coefficient (Wildman–Crippen LogP) is 2.56. The Morgan fingerprint density at radius 1 is 1.47 bits per heavy atom. The summed E-state index contributed by atoms with van der Waals surface area (Å²) in [6, 6.07) is 2.33. The average Bonchev–Trinajstić information content (AvgIpc) is 2.32. The van der Waals surface area contributed by atoms with E-state index in [1.807, 2.05) is 13.0 Å². The number of carbonyl (C=O) groups is 1. The first-order valence-electron chi connectivity index (χ1n) is 6.11. The normalized spacial score (nSPS) is 21.8. The lowest BCUT2D eigenvalue weighted by molar-refractivity contribution is -0.120. The summed E-state index contributed by atoms with van der Waals surface area (Å²) in [7, 11) is 0. The van der Waals surface area contributed by atoms with Crippen molar-refractivity contribution in [3.63, 3.8) is 0 Å². The van der Waals surface area contributed by atoms with Crippen LogP contribution >= 0.6 is 24.8 Å². The van der Waals surface area contributed by atoms with Gasteiger partial charge in [-0.3, -0.25) is 9.78 Å². The van der Waals surface area contributed by atoms with E-state index in [0.717, 1.165) is 30.6 Å². The number of anilines is 1. The molecule has 2 atom stereocenters. The van der Waals surface area contributed by atoms with Crippen LogP contribution in [0, 0.1) is 12.8 Å². The van der Waals surface area contributed by atoms with Gasteiger partial charge in [0.25, 0.3) is 0 Å². The van der Waals surface area contributed by atoms with Crippen LogP contribution in [0.3, 0.4) is 0 Å². The number of hydrogen-bond donors (Lipinski definition) is 2. The molecule has 0 radical (unpaired) electrons. The highest BCUT2D eigenvalue weighted by Crippen LogP contribution is 2.19. The maximum atomic E-state index is 12.1. The van der Waals surface area contributed by atoms with Crippen LogP contribution in [0.5, 0.6) is 0 Å². The fraction of sp³-hybridized carbons (Fsp3) is 0.538. The van der Waals surface area contributed by atoms with E-state index in [9.17, 15) is 4.79 Å². The molecule has 1 aliphatic heterocycles. The van der Waals surface area contributed by atoms with Crippen LogP contribution in [0.25, 0.3) is 0 Å². The molecule has 4 nitrogen and oxygen atoms in total. The van der Waals surface area contributed by atoms with Gasteiger partial charge in [-0.15, -0.1) is 24.8 Å². The van der Waals surface area contributed by atoms with E-state index < -0.39 is 0 Å². The Balaban J connectivity index is 0.00000162. The highest BCUT2D eigenvalue weighted by molar-refractivity contribution is 5.93. The van der Waals surface area contributed by atoms with E-state index >= 15 is 0 Å². The second kappa shape index (κ2) is 8.35. The van der Waals surface area contributed by atoms with Crippen LogP contribution in [0.15, 0.2) is 18.5 Å². The monoisotopic (exact) mass is 305 g/mol. The van der Waals surface area contributed by atoms with Crippen LogP contribution in [0.1, 0.15) is 25.3 Å². The molecule has 1 fully saturated rings. The zero-order valence-electron chi connectivity index (χ0n) is 11.2. The Bertz CT molecular complexity index is 415. The SMILES string of the molecule is Cc1ccncc1NC(=O)[C@H]1CCN[C@@H](C)C1.Cl.Cl. The lowest BCUT2D eigenvalue weighted by atomic mass is 9.92. The maximum Gasteiger partial charge on any atom is 0.227 e. The first-order valence-corrected chi connectivity index (χ1v) is 6.11. The molecule has 2 rings (SSSR count). The minimum Gasteiger partial charge on any atom is -0.324 e. The number of amides is 1. The molecule has 0 bridgehead atoms. The van der Waals surface area contributed by atoms with Crippen molar-refractivity contribution in [3.05, 3.63) is 24.0 Å². The number of halogens is 2. The number of aryl methyl sites for hydroxylation is 1. The van der Waals surface area contributed by atoms with E-state index in [1.165, 1.54) is 0 Å². The number of pyridine rings is 1. The summed E-state index contributed by atoms with van der Waals surface area (Å²) in [6.45, 7) is 5.02. The van der Waals surface area contributed by atoms with Crippen LogP contribution in [0.2, 0.25) is 0 Å². The first-order chi connectivity index (χ1) is 8.16. The van der Waals surface area contributed by atoms with E-state index in [4.69, 9.17) is 0 Å². The highest BCUT2D eigenvalue weighted by Gasteiger charge is 2.24. The van der Waals surface area contributed by atoms with E-state index in [-0.39, 0.29) is 36.6 Å².